The van der Waals surface area contributed by atoms with Crippen LogP contribution in [0.1, 0.15) is 27.4 Å². The maximum absolute atomic E-state index is 13.6. The van der Waals surface area contributed by atoms with E-state index in [4.69, 9.17) is 0 Å². The number of thiophene rings is 1. The molecule has 0 bridgehead atoms. The molecule has 5 nitrogen and oxygen atoms in total. The molecule has 0 fully saturated rings. The lowest BCUT2D eigenvalue weighted by molar-refractivity contribution is 0.0943. The van der Waals surface area contributed by atoms with Gasteiger partial charge in [0, 0.05) is 18.8 Å². The summed E-state index contributed by atoms with van der Waals surface area (Å²) in [5.74, 6) is -0.413. The molecule has 0 aliphatic rings. The predicted octanol–water partition coefficient (Wildman–Crippen LogP) is 4.13. The molecule has 0 aliphatic carbocycles. The van der Waals surface area contributed by atoms with E-state index >= 15 is 0 Å². The molecule has 144 valence electrons. The Labute approximate surface area is 166 Å². The molecule has 0 saturated heterocycles. The van der Waals surface area contributed by atoms with Gasteiger partial charge in [-0.2, -0.15) is 5.10 Å². The zero-order valence-corrected chi connectivity index (χ0v) is 16.6. The van der Waals surface area contributed by atoms with Gasteiger partial charge < -0.3 is 9.88 Å². The van der Waals surface area contributed by atoms with Crippen molar-refractivity contribution in [2.45, 2.75) is 26.9 Å². The van der Waals surface area contributed by atoms with E-state index in [9.17, 15) is 9.18 Å². The fourth-order valence-corrected chi connectivity index (χ4v) is 4.24. The minimum Gasteiger partial charge on any atom is -0.349 e. The van der Waals surface area contributed by atoms with Crippen molar-refractivity contribution in [1.29, 1.82) is 0 Å². The van der Waals surface area contributed by atoms with Gasteiger partial charge in [-0.25, -0.2) is 4.39 Å². The standard InChI is InChI=1S/C21H21FN4OS/c1-14-10-15(2)26(24-14)8-7-23-21(27)19-12-20-18(6-9-28-20)25(19)13-16-4-3-5-17(22)11-16/h3-6,9-12H,7-8,13H2,1-2H3,(H,23,27). The molecule has 4 rings (SSSR count). The van der Waals surface area contributed by atoms with E-state index in [1.165, 1.54) is 12.1 Å². The smallest absolute Gasteiger partial charge is 0.268 e. The van der Waals surface area contributed by atoms with Gasteiger partial charge in [0.2, 0.25) is 0 Å². The number of nitrogens with zero attached hydrogens (tertiary/aromatic N) is 3. The first-order valence-corrected chi connectivity index (χ1v) is 9.99. The summed E-state index contributed by atoms with van der Waals surface area (Å²) in [6.45, 7) is 5.50. The minimum atomic E-state index is -0.276. The van der Waals surface area contributed by atoms with Gasteiger partial charge in [-0.1, -0.05) is 12.1 Å². The monoisotopic (exact) mass is 396 g/mol. The van der Waals surface area contributed by atoms with Crippen LogP contribution in [-0.2, 0) is 13.1 Å². The van der Waals surface area contributed by atoms with Crippen LogP contribution < -0.4 is 5.32 Å². The maximum Gasteiger partial charge on any atom is 0.268 e. The molecule has 1 N–H and O–H groups in total. The molecule has 0 atom stereocenters. The number of halogens is 1. The second kappa shape index (κ2) is 7.59. The molecule has 0 radical (unpaired) electrons. The summed E-state index contributed by atoms with van der Waals surface area (Å²) in [4.78, 5) is 12.8. The predicted molar refractivity (Wildman–Crippen MR) is 109 cm³/mol. The first-order valence-electron chi connectivity index (χ1n) is 9.11. The van der Waals surface area contributed by atoms with Gasteiger partial charge in [0.1, 0.15) is 11.5 Å². The van der Waals surface area contributed by atoms with Crippen LogP contribution in [0.2, 0.25) is 0 Å². The number of amides is 1. The van der Waals surface area contributed by atoms with Crippen LogP contribution in [0.3, 0.4) is 0 Å². The summed E-state index contributed by atoms with van der Waals surface area (Å²) in [7, 11) is 0. The van der Waals surface area contributed by atoms with Crippen molar-refractivity contribution in [3.8, 4) is 0 Å². The van der Waals surface area contributed by atoms with Crippen molar-refractivity contribution in [1.82, 2.24) is 19.7 Å². The van der Waals surface area contributed by atoms with Crippen LogP contribution in [0.15, 0.2) is 47.8 Å². The van der Waals surface area contributed by atoms with Crippen molar-refractivity contribution in [3.05, 3.63) is 76.3 Å². The summed E-state index contributed by atoms with van der Waals surface area (Å²) in [5, 5.41) is 9.39. The molecule has 0 unspecified atom stereocenters. The fourth-order valence-electron chi connectivity index (χ4n) is 3.42. The highest BCUT2D eigenvalue weighted by atomic mass is 32.1. The van der Waals surface area contributed by atoms with E-state index in [0.29, 0.717) is 25.3 Å². The molecule has 1 amide bonds. The van der Waals surface area contributed by atoms with Gasteiger partial charge in [-0.05, 0) is 55.1 Å². The van der Waals surface area contributed by atoms with E-state index < -0.39 is 0 Å². The second-order valence-electron chi connectivity index (χ2n) is 6.82. The molecule has 0 spiro atoms. The average molecular weight is 396 g/mol. The van der Waals surface area contributed by atoms with E-state index in [-0.39, 0.29) is 11.7 Å². The lowest BCUT2D eigenvalue weighted by Crippen LogP contribution is -2.29. The topological polar surface area (TPSA) is 51.9 Å². The Bertz CT molecular complexity index is 1140. The van der Waals surface area contributed by atoms with Gasteiger partial charge in [0.05, 0.1) is 22.5 Å². The second-order valence-corrected chi connectivity index (χ2v) is 7.77. The third kappa shape index (κ3) is 3.71. The van der Waals surface area contributed by atoms with Crippen molar-refractivity contribution in [2.24, 2.45) is 0 Å². The van der Waals surface area contributed by atoms with Gasteiger partial charge in [-0.3, -0.25) is 9.48 Å². The Morgan fingerprint density at radius 2 is 2.07 bits per heavy atom. The number of carbonyl (C=O) groups excluding carboxylic acids is 1. The quantitative estimate of drug-likeness (QED) is 0.533. The third-order valence-corrected chi connectivity index (χ3v) is 5.55. The lowest BCUT2D eigenvalue weighted by Gasteiger charge is -2.11. The Balaban J connectivity index is 1.53. The number of fused-ring (bicyclic) bond motifs is 1. The van der Waals surface area contributed by atoms with Crippen molar-refractivity contribution in [3.63, 3.8) is 0 Å². The number of hydrogen-bond donors (Lipinski definition) is 1. The van der Waals surface area contributed by atoms with E-state index in [2.05, 4.69) is 10.4 Å². The highest BCUT2D eigenvalue weighted by molar-refractivity contribution is 7.17. The molecular weight excluding hydrogens is 375 g/mol. The van der Waals surface area contributed by atoms with Crippen LogP contribution in [0, 0.1) is 19.7 Å². The lowest BCUT2D eigenvalue weighted by atomic mass is 10.2. The number of nitrogens with one attached hydrogen (secondary N) is 1. The van der Waals surface area contributed by atoms with E-state index in [0.717, 1.165) is 27.2 Å². The number of rotatable bonds is 6. The van der Waals surface area contributed by atoms with Crippen LogP contribution >= 0.6 is 11.3 Å². The van der Waals surface area contributed by atoms with Crippen molar-refractivity contribution >= 4 is 27.5 Å². The average Bonchev–Trinajstić information content (AvgIpc) is 3.31. The molecule has 28 heavy (non-hydrogen) atoms. The highest BCUT2D eigenvalue weighted by Crippen LogP contribution is 2.26. The van der Waals surface area contributed by atoms with Crippen LogP contribution in [0.25, 0.3) is 10.2 Å². The fraction of sp³-hybridized carbons (Fsp3) is 0.238. The molecule has 3 heterocycles. The number of aryl methyl sites for hydroxylation is 2. The van der Waals surface area contributed by atoms with Gasteiger partial charge >= 0.3 is 0 Å². The normalized spacial score (nSPS) is 11.2. The minimum absolute atomic E-state index is 0.138. The summed E-state index contributed by atoms with van der Waals surface area (Å²) in [6, 6.07) is 12.4. The molecule has 0 aliphatic heterocycles. The first kappa shape index (κ1) is 18.4. The third-order valence-electron chi connectivity index (χ3n) is 4.70. The SMILES string of the molecule is Cc1cc(C)n(CCNC(=O)c2cc3sccc3n2Cc2cccc(F)c2)n1. The Morgan fingerprint density at radius 1 is 1.21 bits per heavy atom. The number of aromatic nitrogens is 3. The summed E-state index contributed by atoms with van der Waals surface area (Å²) < 4.78 is 18.5. The van der Waals surface area contributed by atoms with Crippen LogP contribution in [0.4, 0.5) is 4.39 Å². The van der Waals surface area contributed by atoms with Gasteiger partial charge in [0.25, 0.3) is 5.91 Å². The summed E-state index contributed by atoms with van der Waals surface area (Å²) in [6.07, 6.45) is 0. The van der Waals surface area contributed by atoms with Crippen molar-refractivity contribution in [2.75, 3.05) is 6.54 Å². The van der Waals surface area contributed by atoms with Gasteiger partial charge in [0.15, 0.2) is 0 Å². The molecular formula is C21H21FN4OS. The summed E-state index contributed by atoms with van der Waals surface area (Å²) in [5.41, 5.74) is 4.42. The summed E-state index contributed by atoms with van der Waals surface area (Å²) >= 11 is 1.59. The number of benzene rings is 1. The maximum atomic E-state index is 13.6. The zero-order valence-electron chi connectivity index (χ0n) is 15.8. The Kier molecular flexibility index (Phi) is 5.00. The Hall–Kier alpha value is -2.93. The molecule has 3 aromatic heterocycles. The van der Waals surface area contributed by atoms with Gasteiger partial charge in [-0.15, -0.1) is 11.3 Å². The van der Waals surface area contributed by atoms with Crippen molar-refractivity contribution < 1.29 is 9.18 Å². The van der Waals surface area contributed by atoms with E-state index in [1.807, 2.05) is 52.7 Å². The molecule has 0 saturated carbocycles. The Morgan fingerprint density at radius 3 is 2.82 bits per heavy atom. The van der Waals surface area contributed by atoms with Crippen LogP contribution in [0.5, 0.6) is 0 Å². The number of hydrogen-bond acceptors (Lipinski definition) is 3. The van der Waals surface area contributed by atoms with Crippen LogP contribution in [-0.4, -0.2) is 26.8 Å². The highest BCUT2D eigenvalue weighted by Gasteiger charge is 2.17. The largest absolute Gasteiger partial charge is 0.349 e. The molecule has 1 aromatic carbocycles. The molecule has 4 aromatic rings. The van der Waals surface area contributed by atoms with E-state index in [1.54, 1.807) is 17.4 Å². The first-order chi connectivity index (χ1) is 13.5. The molecule has 7 heteroatoms. The zero-order chi connectivity index (χ0) is 19.7. The number of carbonyl (C=O) groups is 1.